The first-order valence-corrected chi connectivity index (χ1v) is 23.1. The summed E-state index contributed by atoms with van der Waals surface area (Å²) in [6, 6.07) is 80.9. The molecule has 3 aliphatic rings. The second-order valence-electron chi connectivity index (χ2n) is 17.1. The number of fused-ring (bicyclic) bond motifs is 11. The largest absolute Gasteiger partial charge is 0.311 e. The van der Waals surface area contributed by atoms with Crippen LogP contribution in [0, 0.1) is 0 Å². The Bertz CT molecular complexity index is 3490. The van der Waals surface area contributed by atoms with E-state index in [1.165, 1.54) is 93.1 Å². The van der Waals surface area contributed by atoms with Crippen molar-refractivity contribution in [3.05, 3.63) is 270 Å². The van der Waals surface area contributed by atoms with Crippen LogP contribution in [0.5, 0.6) is 0 Å². The van der Waals surface area contributed by atoms with E-state index in [1.54, 1.807) is 0 Å². The number of benzene rings is 9. The Hall–Kier alpha value is -7.59. The molecule has 9 aromatic carbocycles. The van der Waals surface area contributed by atoms with Crippen LogP contribution in [-0.4, -0.2) is 4.57 Å². The highest BCUT2D eigenvalue weighted by Crippen LogP contribution is 2.61. The normalized spacial score (nSPS) is 16.9. The zero-order chi connectivity index (χ0) is 42.2. The Labute approximate surface area is 378 Å². The maximum absolute atomic E-state index is 2.52. The second kappa shape index (κ2) is 14.8. The van der Waals surface area contributed by atoms with Gasteiger partial charge in [-0.05, 0) is 105 Å². The van der Waals surface area contributed by atoms with Crippen molar-refractivity contribution in [2.75, 3.05) is 4.90 Å². The molecule has 0 amide bonds. The summed E-state index contributed by atoms with van der Waals surface area (Å²) in [5.74, 6) is 0.358. The van der Waals surface area contributed by atoms with Crippen molar-refractivity contribution in [2.45, 2.75) is 27.5 Å². The maximum Gasteiger partial charge on any atom is 0.0764 e. The van der Waals surface area contributed by atoms with Crippen molar-refractivity contribution in [3.63, 3.8) is 0 Å². The topological polar surface area (TPSA) is 8.17 Å². The molecular formula is C61H42N2S. The van der Waals surface area contributed by atoms with E-state index < -0.39 is 5.41 Å². The number of aromatic nitrogens is 1. The van der Waals surface area contributed by atoms with Gasteiger partial charge in [0.05, 0.1) is 22.1 Å². The zero-order valence-electron chi connectivity index (χ0n) is 35.1. The third-order valence-electron chi connectivity index (χ3n) is 13.8. The first-order chi connectivity index (χ1) is 31.8. The Kier molecular flexibility index (Phi) is 8.54. The fourth-order valence-corrected chi connectivity index (χ4v) is 12.3. The Morgan fingerprint density at radius 1 is 0.484 bits per heavy atom. The molecule has 0 bridgehead atoms. The summed E-state index contributed by atoms with van der Waals surface area (Å²) in [5.41, 5.74) is 18.3. The van der Waals surface area contributed by atoms with E-state index in [-0.39, 0.29) is 0 Å². The monoisotopic (exact) mass is 834 g/mol. The lowest BCUT2D eigenvalue weighted by Crippen LogP contribution is -2.37. The van der Waals surface area contributed by atoms with Gasteiger partial charge >= 0.3 is 0 Å². The third kappa shape index (κ3) is 5.54. The first-order valence-electron chi connectivity index (χ1n) is 22.3. The molecule has 0 fully saturated rings. The highest BCUT2D eigenvalue weighted by Gasteiger charge is 2.49. The summed E-state index contributed by atoms with van der Waals surface area (Å²) >= 11 is 1.91. The Balaban J connectivity index is 0.956. The van der Waals surface area contributed by atoms with Crippen molar-refractivity contribution in [1.82, 2.24) is 4.57 Å². The van der Waals surface area contributed by atoms with Crippen molar-refractivity contribution >= 4 is 44.9 Å². The number of anilines is 2. The number of allylic oxidation sites excluding steroid dienone is 3. The first kappa shape index (κ1) is 37.0. The predicted molar refractivity (Wildman–Crippen MR) is 267 cm³/mol. The fourth-order valence-electron chi connectivity index (χ4n) is 11.0. The molecule has 1 spiro atoms. The average molecular weight is 835 g/mol. The van der Waals surface area contributed by atoms with Crippen LogP contribution in [0.3, 0.4) is 0 Å². The summed E-state index contributed by atoms with van der Waals surface area (Å²) in [4.78, 5) is 5.02. The molecule has 302 valence electrons. The van der Waals surface area contributed by atoms with Gasteiger partial charge in [0.1, 0.15) is 0 Å². The Morgan fingerprint density at radius 2 is 1.09 bits per heavy atom. The molecule has 0 radical (unpaired) electrons. The lowest BCUT2D eigenvalue weighted by atomic mass is 9.62. The van der Waals surface area contributed by atoms with Crippen molar-refractivity contribution in [2.24, 2.45) is 0 Å². The molecular weight excluding hydrogens is 793 g/mol. The second-order valence-corrected chi connectivity index (χ2v) is 18.2. The van der Waals surface area contributed by atoms with Crippen molar-refractivity contribution in [3.8, 4) is 27.9 Å². The summed E-state index contributed by atoms with van der Waals surface area (Å²) in [6.07, 6.45) is 8.03. The van der Waals surface area contributed by atoms with Crippen molar-refractivity contribution in [1.29, 1.82) is 0 Å². The predicted octanol–water partition coefficient (Wildman–Crippen LogP) is 16.0. The van der Waals surface area contributed by atoms with Crippen molar-refractivity contribution < 1.29 is 0 Å². The molecule has 64 heavy (non-hydrogen) atoms. The van der Waals surface area contributed by atoms with E-state index in [0.717, 1.165) is 17.8 Å². The molecule has 2 nitrogen and oxygen atoms in total. The number of rotatable bonds is 6. The third-order valence-corrected chi connectivity index (χ3v) is 15.0. The number of nitrogens with zero attached hydrogens (tertiary/aromatic N) is 2. The molecule has 10 aromatic rings. The highest BCUT2D eigenvalue weighted by atomic mass is 32.2. The lowest BCUT2D eigenvalue weighted by Gasteiger charge is -2.45. The van der Waals surface area contributed by atoms with Gasteiger partial charge in [-0.1, -0.05) is 200 Å². The molecule has 3 heteroatoms. The summed E-state index contributed by atoms with van der Waals surface area (Å²) < 4.78 is 2.52. The molecule has 2 aliphatic heterocycles. The van der Waals surface area contributed by atoms with Gasteiger partial charge < -0.3 is 9.47 Å². The van der Waals surface area contributed by atoms with Crippen LogP contribution in [0.15, 0.2) is 252 Å². The molecule has 2 unspecified atom stereocenters. The van der Waals surface area contributed by atoms with Gasteiger partial charge in [0, 0.05) is 43.6 Å². The molecule has 1 aromatic heterocycles. The zero-order valence-corrected chi connectivity index (χ0v) is 35.9. The molecule has 0 N–H and O–H groups in total. The average Bonchev–Trinajstić information content (AvgIpc) is 3.71. The molecule has 13 rings (SSSR count). The fraction of sp³-hybridized carbons (Fsp3) is 0.0492. The molecule has 0 saturated heterocycles. The number of hydrogen-bond acceptors (Lipinski definition) is 2. The molecule has 3 heterocycles. The summed E-state index contributed by atoms with van der Waals surface area (Å²) in [6.45, 7) is 0. The van der Waals surface area contributed by atoms with E-state index >= 15 is 0 Å². The molecule has 0 saturated carbocycles. The minimum atomic E-state index is -0.520. The standard InChI is InChI=1S/C61H42N2S/c1-3-15-41(16-4-1)43-29-35-46(36-30-43)62(47-37-31-44(32-38-47)42-17-5-2-6-18-42)48-39-33-45(34-40-48)49-20-13-25-55-60(49)64-58-28-12-9-23-53(58)61(55)52-22-8-11-27-57(52)63-56-26-10-7-19-50(56)51-21-14-24-54(61)59(51)63/h1-31,33-40,44H,32H2. The minimum absolute atomic E-state index is 0.358. The SMILES string of the molecule is C1=CC(c2ccccc2)CC=C1N(c1ccc(-c2ccccc2)cc1)c1ccc(-c2cccc3c2Sc2ccccc2C32c3ccccc3-n3c4ccccc4c4cccc2c43)cc1. The molecule has 1 aliphatic carbocycles. The van der Waals surface area contributed by atoms with Gasteiger partial charge in [-0.15, -0.1) is 0 Å². The van der Waals surface area contributed by atoms with E-state index in [4.69, 9.17) is 0 Å². The van der Waals surface area contributed by atoms with Gasteiger partial charge in [0.25, 0.3) is 0 Å². The van der Waals surface area contributed by atoms with Gasteiger partial charge in [-0.25, -0.2) is 0 Å². The van der Waals surface area contributed by atoms with Crippen LogP contribution >= 0.6 is 11.8 Å². The van der Waals surface area contributed by atoms with Gasteiger partial charge in [-0.2, -0.15) is 0 Å². The van der Waals surface area contributed by atoms with Gasteiger partial charge in [-0.3, -0.25) is 0 Å². The van der Waals surface area contributed by atoms with Crippen LogP contribution in [0.4, 0.5) is 11.4 Å². The van der Waals surface area contributed by atoms with Crippen LogP contribution < -0.4 is 4.90 Å². The van der Waals surface area contributed by atoms with Crippen LogP contribution in [0.1, 0.15) is 40.2 Å². The van der Waals surface area contributed by atoms with Gasteiger partial charge in [0.15, 0.2) is 0 Å². The van der Waals surface area contributed by atoms with E-state index in [2.05, 4.69) is 246 Å². The van der Waals surface area contributed by atoms with Crippen LogP contribution in [0.25, 0.3) is 49.7 Å². The molecule has 2 atom stereocenters. The van der Waals surface area contributed by atoms with E-state index in [0.29, 0.717) is 5.92 Å². The maximum atomic E-state index is 2.52. The minimum Gasteiger partial charge on any atom is -0.311 e. The van der Waals surface area contributed by atoms with E-state index in [9.17, 15) is 0 Å². The van der Waals surface area contributed by atoms with E-state index in [1.807, 2.05) is 11.8 Å². The highest BCUT2D eigenvalue weighted by molar-refractivity contribution is 7.99. The summed E-state index contributed by atoms with van der Waals surface area (Å²) in [5, 5.41) is 2.58. The van der Waals surface area contributed by atoms with Crippen LogP contribution in [0.2, 0.25) is 0 Å². The quantitative estimate of drug-likeness (QED) is 0.165. The summed E-state index contributed by atoms with van der Waals surface area (Å²) in [7, 11) is 0. The van der Waals surface area contributed by atoms with Gasteiger partial charge in [0.2, 0.25) is 0 Å². The number of para-hydroxylation sites is 3. The smallest absolute Gasteiger partial charge is 0.0764 e. The van der Waals surface area contributed by atoms with Crippen LogP contribution in [-0.2, 0) is 5.41 Å². The number of hydrogen-bond donors (Lipinski definition) is 0. The lowest BCUT2D eigenvalue weighted by molar-refractivity contribution is 0.690. The Morgan fingerprint density at radius 3 is 1.88 bits per heavy atom.